The normalized spacial score (nSPS) is 11.1. The molecule has 0 radical (unpaired) electrons. The number of hydrogen-bond donors (Lipinski definition) is 0. The second-order valence-electron chi connectivity index (χ2n) is 5.79. The minimum Gasteiger partial charge on any atom is -0.0613 e. The average molecular weight is 285 g/mol. The Morgan fingerprint density at radius 3 is 1.20 bits per heavy atom. The van der Waals surface area contributed by atoms with Crippen molar-refractivity contribution in [3.05, 3.63) is 59.7 Å². The van der Waals surface area contributed by atoms with Gasteiger partial charge >= 0.3 is 7.80 Å². The number of rotatable bonds is 4. The smallest absolute Gasteiger partial charge is 0.0613 e. The van der Waals surface area contributed by atoms with Gasteiger partial charge in [-0.1, -0.05) is 56.5 Å². The Bertz CT molecular complexity index is 526. The highest BCUT2D eigenvalue weighted by Gasteiger charge is 2.23. The largest absolute Gasteiger partial charge is 0.415 e. The zero-order valence-corrected chi connectivity index (χ0v) is 13.5. The summed E-state index contributed by atoms with van der Waals surface area (Å²) in [6.45, 7) is 8.67. The van der Waals surface area contributed by atoms with Gasteiger partial charge in [-0.2, -0.15) is 0 Å². The van der Waals surface area contributed by atoms with Gasteiger partial charge in [0.1, 0.15) is 0 Å². The van der Waals surface area contributed by atoms with E-state index in [4.69, 9.17) is 0 Å². The van der Waals surface area contributed by atoms with E-state index in [1.807, 2.05) is 24.3 Å². The van der Waals surface area contributed by atoms with Crippen molar-refractivity contribution in [1.82, 2.24) is 0 Å². The van der Waals surface area contributed by atoms with Gasteiger partial charge in [-0.05, 0) is 47.2 Å². The summed E-state index contributed by atoms with van der Waals surface area (Å²) in [5.74, 6) is 1.01. The first-order valence-corrected chi connectivity index (χ1v) is 8.42. The molecule has 0 N–H and O–H groups in total. The van der Waals surface area contributed by atoms with Gasteiger partial charge in [-0.15, -0.1) is 0 Å². The molecule has 0 bridgehead atoms. The lowest BCUT2D eigenvalue weighted by molar-refractivity contribution is 0.598. The van der Waals surface area contributed by atoms with E-state index in [1.54, 1.807) is 0 Å². The molecule has 0 aromatic heterocycles. The van der Waals surface area contributed by atoms with Crippen LogP contribution in [0.15, 0.2) is 48.5 Å². The summed E-state index contributed by atoms with van der Waals surface area (Å²) in [5.41, 5.74) is 2.57. The summed E-state index contributed by atoms with van der Waals surface area (Å²) in [5, 5.41) is 1.81. The topological polar surface area (TPSA) is 17.1 Å². The Kier molecular flexibility index (Phi) is 4.73. The van der Waals surface area contributed by atoms with E-state index in [1.165, 1.54) is 11.1 Å². The zero-order chi connectivity index (χ0) is 14.7. The second kappa shape index (κ2) is 6.33. The van der Waals surface area contributed by atoms with Gasteiger partial charge in [0.05, 0.1) is 0 Å². The van der Waals surface area contributed by atoms with Crippen LogP contribution in [0.2, 0.25) is 0 Å². The summed E-state index contributed by atoms with van der Waals surface area (Å²) in [4.78, 5) is 0. The molecule has 0 fully saturated rings. The van der Waals surface area contributed by atoms with Crippen molar-refractivity contribution >= 4 is 18.4 Å². The SMILES string of the molecule is CC(C)c1ccc([P+](=O)c2ccc(C(C)C)cc2)cc1. The number of hydrogen-bond acceptors (Lipinski definition) is 1. The fraction of sp³-hybridized carbons (Fsp3) is 0.333. The monoisotopic (exact) mass is 285 g/mol. The van der Waals surface area contributed by atoms with E-state index in [0.29, 0.717) is 11.8 Å². The highest BCUT2D eigenvalue weighted by Crippen LogP contribution is 2.23. The van der Waals surface area contributed by atoms with Crippen LogP contribution in [0.3, 0.4) is 0 Å². The van der Waals surface area contributed by atoms with E-state index in [0.717, 1.165) is 10.6 Å². The summed E-state index contributed by atoms with van der Waals surface area (Å²) < 4.78 is 12.6. The van der Waals surface area contributed by atoms with Gasteiger partial charge in [-0.3, -0.25) is 0 Å². The van der Waals surface area contributed by atoms with Crippen LogP contribution in [0.1, 0.15) is 50.7 Å². The van der Waals surface area contributed by atoms with Gasteiger partial charge in [0.15, 0.2) is 10.6 Å². The molecule has 2 aromatic rings. The third kappa shape index (κ3) is 3.35. The molecule has 1 nitrogen and oxygen atoms in total. The quantitative estimate of drug-likeness (QED) is 0.743. The molecule has 0 spiro atoms. The van der Waals surface area contributed by atoms with Crippen LogP contribution >= 0.6 is 7.80 Å². The van der Waals surface area contributed by atoms with E-state index < -0.39 is 7.80 Å². The van der Waals surface area contributed by atoms with Crippen molar-refractivity contribution in [2.75, 3.05) is 0 Å². The van der Waals surface area contributed by atoms with E-state index in [2.05, 4.69) is 52.0 Å². The zero-order valence-electron chi connectivity index (χ0n) is 12.6. The maximum Gasteiger partial charge on any atom is 0.415 e. The van der Waals surface area contributed by atoms with Crippen molar-refractivity contribution in [1.29, 1.82) is 0 Å². The highest BCUT2D eigenvalue weighted by molar-refractivity contribution is 7.61. The molecule has 20 heavy (non-hydrogen) atoms. The van der Waals surface area contributed by atoms with Crippen molar-refractivity contribution < 1.29 is 4.57 Å². The van der Waals surface area contributed by atoms with Gasteiger partial charge in [-0.25, -0.2) is 0 Å². The lowest BCUT2D eigenvalue weighted by Gasteiger charge is -2.04. The van der Waals surface area contributed by atoms with Gasteiger partial charge in [0, 0.05) is 0 Å². The van der Waals surface area contributed by atoms with Crippen LogP contribution in [0.4, 0.5) is 0 Å². The lowest BCUT2D eigenvalue weighted by atomic mass is 10.0. The van der Waals surface area contributed by atoms with Crippen molar-refractivity contribution in [2.45, 2.75) is 39.5 Å². The average Bonchev–Trinajstić information content (AvgIpc) is 2.46. The molecule has 0 atom stereocenters. The van der Waals surface area contributed by atoms with Gasteiger partial charge in [0.25, 0.3) is 0 Å². The Hall–Kier alpha value is -1.46. The van der Waals surface area contributed by atoms with Crippen LogP contribution in [0.25, 0.3) is 0 Å². The highest BCUT2D eigenvalue weighted by atomic mass is 31.1. The molecule has 0 unspecified atom stereocenters. The van der Waals surface area contributed by atoms with E-state index in [9.17, 15) is 4.57 Å². The van der Waals surface area contributed by atoms with Crippen LogP contribution in [0, 0.1) is 0 Å². The minimum atomic E-state index is -1.48. The molecule has 0 saturated carbocycles. The predicted molar refractivity (Wildman–Crippen MR) is 87.9 cm³/mol. The standard InChI is InChI=1S/C18H22OP/c1-13(2)15-5-9-17(10-6-15)20(19)18-11-7-16(8-12-18)14(3)4/h5-14H,1-4H3/q+1. The van der Waals surface area contributed by atoms with Crippen LogP contribution < -0.4 is 10.6 Å². The maximum atomic E-state index is 12.6. The molecular weight excluding hydrogens is 263 g/mol. The molecule has 0 aliphatic heterocycles. The summed E-state index contributed by atoms with van der Waals surface area (Å²) in [6.07, 6.45) is 0. The molecule has 2 aromatic carbocycles. The fourth-order valence-corrected chi connectivity index (χ4v) is 3.28. The molecule has 0 aliphatic rings. The molecule has 0 amide bonds. The second-order valence-corrected chi connectivity index (χ2v) is 7.41. The predicted octanol–water partition coefficient (Wildman–Crippen LogP) is 4.71. The van der Waals surface area contributed by atoms with Crippen LogP contribution in [-0.4, -0.2) is 0 Å². The van der Waals surface area contributed by atoms with Crippen molar-refractivity contribution in [3.63, 3.8) is 0 Å². The van der Waals surface area contributed by atoms with Gasteiger partial charge in [0.2, 0.25) is 0 Å². The Morgan fingerprint density at radius 2 is 0.950 bits per heavy atom. The van der Waals surface area contributed by atoms with Crippen LogP contribution in [0.5, 0.6) is 0 Å². The molecular formula is C18H22OP+. The third-order valence-corrected chi connectivity index (χ3v) is 5.12. The first-order valence-electron chi connectivity index (χ1n) is 7.16. The summed E-state index contributed by atoms with van der Waals surface area (Å²) in [7, 11) is -1.48. The number of benzene rings is 2. The molecule has 0 saturated heterocycles. The Morgan fingerprint density at radius 1 is 0.650 bits per heavy atom. The Balaban J connectivity index is 2.22. The fourth-order valence-electron chi connectivity index (χ4n) is 2.14. The van der Waals surface area contributed by atoms with E-state index in [-0.39, 0.29) is 0 Å². The maximum absolute atomic E-state index is 12.6. The molecule has 104 valence electrons. The molecule has 2 heteroatoms. The minimum absolute atomic E-state index is 0.507. The summed E-state index contributed by atoms with van der Waals surface area (Å²) >= 11 is 0. The Labute approximate surface area is 122 Å². The van der Waals surface area contributed by atoms with Crippen LogP contribution in [-0.2, 0) is 4.57 Å². The first kappa shape index (κ1) is 14.9. The van der Waals surface area contributed by atoms with Crippen molar-refractivity contribution in [2.24, 2.45) is 0 Å². The molecule has 2 rings (SSSR count). The van der Waals surface area contributed by atoms with Crippen molar-refractivity contribution in [3.8, 4) is 0 Å². The first-order chi connectivity index (χ1) is 9.49. The third-order valence-electron chi connectivity index (χ3n) is 3.59. The van der Waals surface area contributed by atoms with Gasteiger partial charge < -0.3 is 0 Å². The summed E-state index contributed by atoms with van der Waals surface area (Å²) in [6, 6.07) is 16.3. The molecule has 0 aliphatic carbocycles. The van der Waals surface area contributed by atoms with E-state index >= 15 is 0 Å². The molecule has 0 heterocycles. The lowest BCUT2D eigenvalue weighted by Crippen LogP contribution is -2.07.